The second-order valence-electron chi connectivity index (χ2n) is 2.33. The van der Waals surface area contributed by atoms with Crippen LogP contribution in [-0.4, -0.2) is 45.7 Å². The smallest absolute Gasteiger partial charge is 0.222 e. The van der Waals surface area contributed by atoms with E-state index in [2.05, 4.69) is 5.32 Å². The maximum atomic E-state index is 10.9. The van der Waals surface area contributed by atoms with Gasteiger partial charge in [0.25, 0.3) is 0 Å². The van der Waals surface area contributed by atoms with Crippen molar-refractivity contribution in [2.75, 3.05) is 33.5 Å². The molecule has 0 aliphatic heterocycles. The van der Waals surface area contributed by atoms with Crippen molar-refractivity contribution >= 4 is 12.2 Å². The largest absolute Gasteiger partial charge is 0.382 e. The molecule has 76 valence electrons. The molecule has 1 N–H and O–H groups in total. The summed E-state index contributed by atoms with van der Waals surface area (Å²) < 4.78 is 9.79. The van der Waals surface area contributed by atoms with Crippen LogP contribution in [0.4, 0.5) is 0 Å². The second kappa shape index (κ2) is 9.15. The fourth-order valence-electron chi connectivity index (χ4n) is 0.653. The zero-order valence-electron chi connectivity index (χ0n) is 7.75. The van der Waals surface area contributed by atoms with Crippen molar-refractivity contribution in [1.29, 1.82) is 0 Å². The first-order valence-electron chi connectivity index (χ1n) is 4.08. The first-order valence-corrected chi connectivity index (χ1v) is 4.08. The van der Waals surface area contributed by atoms with Crippen LogP contribution in [0.25, 0.3) is 0 Å². The second-order valence-corrected chi connectivity index (χ2v) is 2.33. The van der Waals surface area contributed by atoms with E-state index in [1.807, 2.05) is 0 Å². The number of rotatable bonds is 8. The summed E-state index contributed by atoms with van der Waals surface area (Å²) >= 11 is 0. The molecule has 0 unspecified atom stereocenters. The van der Waals surface area contributed by atoms with E-state index in [1.165, 1.54) is 0 Å². The van der Waals surface area contributed by atoms with Crippen LogP contribution < -0.4 is 5.32 Å². The number of amides is 1. The van der Waals surface area contributed by atoms with Gasteiger partial charge in [-0.25, -0.2) is 0 Å². The Balaban J connectivity index is 3.12. The summed E-state index contributed by atoms with van der Waals surface area (Å²) in [6.45, 7) is 1.43. The quantitative estimate of drug-likeness (QED) is 0.407. The predicted octanol–water partition coefficient (Wildman–Crippen LogP) is -0.645. The minimum Gasteiger partial charge on any atom is -0.382 e. The molecule has 0 heterocycles. The number of ether oxygens (including phenoxy) is 2. The first-order chi connectivity index (χ1) is 6.31. The van der Waals surface area contributed by atoms with Crippen LogP contribution in [0.2, 0.25) is 0 Å². The Morgan fingerprint density at radius 2 is 2.15 bits per heavy atom. The average molecular weight is 189 g/mol. The molecule has 0 aromatic carbocycles. The van der Waals surface area contributed by atoms with Crippen LogP contribution in [0.5, 0.6) is 0 Å². The van der Waals surface area contributed by atoms with Crippen molar-refractivity contribution in [3.8, 4) is 0 Å². The van der Waals surface area contributed by atoms with E-state index in [0.29, 0.717) is 26.1 Å². The van der Waals surface area contributed by atoms with Gasteiger partial charge >= 0.3 is 0 Å². The van der Waals surface area contributed by atoms with E-state index in [4.69, 9.17) is 9.47 Å². The summed E-state index contributed by atoms with van der Waals surface area (Å²) in [7, 11) is 1.58. The zero-order chi connectivity index (χ0) is 9.94. The number of aldehydes is 1. The number of methoxy groups -OCH3 is 1. The Hall–Kier alpha value is -0.940. The molecule has 0 aromatic heterocycles. The molecular formula is C8H15NO4. The molecule has 0 rings (SSSR count). The molecule has 0 bridgehead atoms. The highest BCUT2D eigenvalue weighted by Crippen LogP contribution is 1.82. The van der Waals surface area contributed by atoms with E-state index in [-0.39, 0.29) is 18.9 Å². The molecular weight excluding hydrogens is 174 g/mol. The minimum absolute atomic E-state index is 0.0664. The molecule has 0 aliphatic carbocycles. The third-order valence-corrected chi connectivity index (χ3v) is 1.29. The van der Waals surface area contributed by atoms with Crippen LogP contribution >= 0.6 is 0 Å². The molecule has 0 aromatic rings. The molecule has 0 atom stereocenters. The van der Waals surface area contributed by atoms with Gasteiger partial charge in [0, 0.05) is 13.5 Å². The molecule has 5 heteroatoms. The van der Waals surface area contributed by atoms with Crippen molar-refractivity contribution in [1.82, 2.24) is 5.32 Å². The van der Waals surface area contributed by atoms with Gasteiger partial charge < -0.3 is 19.6 Å². The molecule has 13 heavy (non-hydrogen) atoms. The van der Waals surface area contributed by atoms with Crippen molar-refractivity contribution in [2.24, 2.45) is 0 Å². The van der Waals surface area contributed by atoms with Gasteiger partial charge in [-0.3, -0.25) is 4.79 Å². The molecule has 1 amide bonds. The Labute approximate surface area is 77.4 Å². The van der Waals surface area contributed by atoms with Gasteiger partial charge in [-0.2, -0.15) is 0 Å². The zero-order valence-corrected chi connectivity index (χ0v) is 7.75. The lowest BCUT2D eigenvalue weighted by molar-refractivity contribution is -0.123. The highest BCUT2D eigenvalue weighted by atomic mass is 16.5. The third-order valence-electron chi connectivity index (χ3n) is 1.29. The highest BCUT2D eigenvalue weighted by Gasteiger charge is 1.98. The lowest BCUT2D eigenvalue weighted by atomic mass is 10.4. The lowest BCUT2D eigenvalue weighted by Crippen LogP contribution is -2.26. The van der Waals surface area contributed by atoms with E-state index in [0.717, 1.165) is 0 Å². The van der Waals surface area contributed by atoms with Crippen LogP contribution in [0.1, 0.15) is 6.42 Å². The Bertz CT molecular complexity index is 149. The van der Waals surface area contributed by atoms with Crippen LogP contribution in [0.3, 0.4) is 0 Å². The molecule has 0 saturated carbocycles. The predicted molar refractivity (Wildman–Crippen MR) is 46.4 cm³/mol. The molecule has 0 fully saturated rings. The van der Waals surface area contributed by atoms with Crippen molar-refractivity contribution in [3.05, 3.63) is 0 Å². The first kappa shape index (κ1) is 12.1. The van der Waals surface area contributed by atoms with Crippen LogP contribution in [-0.2, 0) is 19.1 Å². The van der Waals surface area contributed by atoms with Crippen molar-refractivity contribution < 1.29 is 19.1 Å². The van der Waals surface area contributed by atoms with E-state index in [9.17, 15) is 9.59 Å². The number of nitrogens with one attached hydrogen (secondary N) is 1. The van der Waals surface area contributed by atoms with Gasteiger partial charge in [-0.1, -0.05) is 0 Å². The fraction of sp³-hybridized carbons (Fsp3) is 0.750. The SMILES string of the molecule is COCCOCCC(=O)NCC=O. The van der Waals surface area contributed by atoms with Crippen molar-refractivity contribution in [3.63, 3.8) is 0 Å². The Morgan fingerprint density at radius 3 is 2.77 bits per heavy atom. The number of carbonyl (C=O) groups is 2. The monoisotopic (exact) mass is 189 g/mol. The molecule has 0 spiro atoms. The fourth-order valence-corrected chi connectivity index (χ4v) is 0.653. The average Bonchev–Trinajstić information content (AvgIpc) is 2.14. The summed E-state index contributed by atoms with van der Waals surface area (Å²) in [5.41, 5.74) is 0. The molecule has 0 saturated heterocycles. The number of carbonyl (C=O) groups excluding carboxylic acids is 2. The summed E-state index contributed by atoms with van der Waals surface area (Å²) in [5, 5.41) is 2.40. The summed E-state index contributed by atoms with van der Waals surface area (Å²) in [5.74, 6) is -0.176. The minimum atomic E-state index is -0.176. The van der Waals surface area contributed by atoms with E-state index in [1.54, 1.807) is 7.11 Å². The summed E-state index contributed by atoms with van der Waals surface area (Å²) in [6, 6.07) is 0. The van der Waals surface area contributed by atoms with E-state index < -0.39 is 0 Å². The van der Waals surface area contributed by atoms with Gasteiger partial charge in [0.05, 0.1) is 26.4 Å². The molecule has 5 nitrogen and oxygen atoms in total. The maximum Gasteiger partial charge on any atom is 0.222 e. The van der Waals surface area contributed by atoms with E-state index >= 15 is 0 Å². The third kappa shape index (κ3) is 8.97. The number of hydrogen-bond donors (Lipinski definition) is 1. The van der Waals surface area contributed by atoms with Crippen molar-refractivity contribution in [2.45, 2.75) is 6.42 Å². The topological polar surface area (TPSA) is 64.6 Å². The Kier molecular flexibility index (Phi) is 8.49. The standard InChI is InChI=1S/C8H15NO4/c1-12-6-7-13-5-2-8(11)9-3-4-10/h4H,2-3,5-7H2,1H3,(H,9,11). The molecule has 0 radical (unpaired) electrons. The van der Waals surface area contributed by atoms with Gasteiger partial charge in [-0.15, -0.1) is 0 Å². The van der Waals surface area contributed by atoms with Gasteiger partial charge in [0.2, 0.25) is 5.91 Å². The summed E-state index contributed by atoms with van der Waals surface area (Å²) in [4.78, 5) is 20.7. The van der Waals surface area contributed by atoms with Crippen LogP contribution in [0, 0.1) is 0 Å². The van der Waals surface area contributed by atoms with Gasteiger partial charge in [0.15, 0.2) is 0 Å². The molecule has 0 aliphatic rings. The highest BCUT2D eigenvalue weighted by molar-refractivity contribution is 5.78. The normalized spacial score (nSPS) is 9.62. The van der Waals surface area contributed by atoms with Gasteiger partial charge in [-0.05, 0) is 0 Å². The number of hydrogen-bond acceptors (Lipinski definition) is 4. The van der Waals surface area contributed by atoms with Gasteiger partial charge in [0.1, 0.15) is 6.29 Å². The maximum absolute atomic E-state index is 10.9. The lowest BCUT2D eigenvalue weighted by Gasteiger charge is -2.02. The Morgan fingerprint density at radius 1 is 1.38 bits per heavy atom. The summed E-state index contributed by atoms with van der Waals surface area (Å²) in [6.07, 6.45) is 0.918. The van der Waals surface area contributed by atoms with Crippen LogP contribution in [0.15, 0.2) is 0 Å².